The van der Waals surface area contributed by atoms with Crippen LogP contribution in [0.2, 0.25) is 0 Å². The number of hydrogen-bond acceptors (Lipinski definition) is 3. The molecule has 0 aliphatic heterocycles. The first-order valence-electron chi connectivity index (χ1n) is 6.07. The second-order valence-electron chi connectivity index (χ2n) is 4.82. The van der Waals surface area contributed by atoms with Gasteiger partial charge in [0.25, 0.3) is 0 Å². The number of oxazole rings is 1. The van der Waals surface area contributed by atoms with Crippen LogP contribution in [0.25, 0.3) is 11.5 Å². The van der Waals surface area contributed by atoms with Gasteiger partial charge < -0.3 is 9.52 Å². The Morgan fingerprint density at radius 1 is 1.50 bits per heavy atom. The molecule has 106 valence electrons. The predicted octanol–water partition coefficient (Wildman–Crippen LogP) is 4.14. The van der Waals surface area contributed by atoms with Gasteiger partial charge in [-0.05, 0) is 46.5 Å². The van der Waals surface area contributed by atoms with Crippen molar-refractivity contribution >= 4 is 21.9 Å². The van der Waals surface area contributed by atoms with E-state index in [4.69, 9.17) is 9.52 Å². The molecule has 0 radical (unpaired) electrons. The van der Waals surface area contributed by atoms with Gasteiger partial charge in [-0.3, -0.25) is 0 Å². The lowest BCUT2D eigenvalue weighted by Crippen LogP contribution is -2.03. The number of carboxylic acid groups (broad SMARTS) is 1. The molecule has 0 spiro atoms. The van der Waals surface area contributed by atoms with E-state index in [0.29, 0.717) is 22.2 Å². The summed E-state index contributed by atoms with van der Waals surface area (Å²) in [5.41, 5.74) is 0.919. The molecule has 2 rings (SSSR count). The van der Waals surface area contributed by atoms with Gasteiger partial charge in [-0.1, -0.05) is 13.8 Å². The Balaban J connectivity index is 2.49. The maximum Gasteiger partial charge on any atom is 0.373 e. The number of carbonyl (C=O) groups is 1. The minimum absolute atomic E-state index is 0.162. The van der Waals surface area contributed by atoms with Crippen molar-refractivity contribution in [3.8, 4) is 11.5 Å². The summed E-state index contributed by atoms with van der Waals surface area (Å²) >= 11 is 3.22. The van der Waals surface area contributed by atoms with Crippen molar-refractivity contribution in [3.63, 3.8) is 0 Å². The van der Waals surface area contributed by atoms with E-state index < -0.39 is 11.8 Å². The molecule has 0 unspecified atom stereocenters. The van der Waals surface area contributed by atoms with Crippen LogP contribution in [0, 0.1) is 11.7 Å². The highest BCUT2D eigenvalue weighted by Crippen LogP contribution is 2.30. The summed E-state index contributed by atoms with van der Waals surface area (Å²) in [4.78, 5) is 15.4. The minimum Gasteiger partial charge on any atom is -0.475 e. The van der Waals surface area contributed by atoms with E-state index in [9.17, 15) is 9.18 Å². The van der Waals surface area contributed by atoms with Gasteiger partial charge >= 0.3 is 5.97 Å². The molecule has 1 heterocycles. The highest BCUT2D eigenvalue weighted by molar-refractivity contribution is 9.10. The van der Waals surface area contributed by atoms with Crippen molar-refractivity contribution < 1.29 is 18.7 Å². The second kappa shape index (κ2) is 5.75. The minimum atomic E-state index is -1.15. The maximum atomic E-state index is 13.1. The fraction of sp³-hybridized carbons (Fsp3) is 0.286. The van der Waals surface area contributed by atoms with Gasteiger partial charge in [-0.15, -0.1) is 0 Å². The molecular weight excluding hydrogens is 329 g/mol. The Morgan fingerprint density at radius 2 is 2.20 bits per heavy atom. The van der Waals surface area contributed by atoms with Crippen molar-refractivity contribution in [1.82, 2.24) is 4.98 Å². The smallest absolute Gasteiger partial charge is 0.373 e. The number of hydrogen-bond donors (Lipinski definition) is 1. The van der Waals surface area contributed by atoms with Crippen LogP contribution in [0.4, 0.5) is 4.39 Å². The van der Waals surface area contributed by atoms with E-state index in [1.54, 1.807) is 0 Å². The third-order valence-corrected chi connectivity index (χ3v) is 3.31. The summed E-state index contributed by atoms with van der Waals surface area (Å²) in [6.45, 7) is 3.93. The number of aromatic carboxylic acids is 1. The molecule has 0 fully saturated rings. The van der Waals surface area contributed by atoms with E-state index in [-0.39, 0.29) is 17.6 Å². The molecule has 0 aliphatic carbocycles. The fourth-order valence-electron chi connectivity index (χ4n) is 1.82. The number of aromatic nitrogens is 1. The number of rotatable bonds is 4. The lowest BCUT2D eigenvalue weighted by molar-refractivity contribution is 0.0661. The Kier molecular flexibility index (Phi) is 4.23. The molecule has 0 saturated carbocycles. The third-order valence-electron chi connectivity index (χ3n) is 2.65. The van der Waals surface area contributed by atoms with Crippen molar-refractivity contribution in [3.05, 3.63) is 39.9 Å². The van der Waals surface area contributed by atoms with Gasteiger partial charge in [-0.2, -0.15) is 0 Å². The first-order valence-corrected chi connectivity index (χ1v) is 6.86. The number of nitrogens with zero attached hydrogens (tertiary/aromatic N) is 1. The quantitative estimate of drug-likeness (QED) is 0.907. The topological polar surface area (TPSA) is 63.3 Å². The average molecular weight is 342 g/mol. The Labute approximate surface area is 123 Å². The SMILES string of the molecule is CC(C)Cc1nc(-c2ccc(F)cc2Br)oc1C(=O)O. The highest BCUT2D eigenvalue weighted by Gasteiger charge is 2.22. The summed E-state index contributed by atoms with van der Waals surface area (Å²) in [6, 6.07) is 4.05. The second-order valence-corrected chi connectivity index (χ2v) is 5.68. The first-order chi connectivity index (χ1) is 9.38. The highest BCUT2D eigenvalue weighted by atomic mass is 79.9. The maximum absolute atomic E-state index is 13.1. The van der Waals surface area contributed by atoms with E-state index >= 15 is 0 Å². The van der Waals surface area contributed by atoms with Gasteiger partial charge in [0.2, 0.25) is 11.7 Å². The lowest BCUT2D eigenvalue weighted by atomic mass is 10.1. The van der Waals surface area contributed by atoms with Crippen molar-refractivity contribution in [2.24, 2.45) is 5.92 Å². The molecular formula is C14H13BrFNO3. The monoisotopic (exact) mass is 341 g/mol. The molecule has 1 aromatic heterocycles. The van der Waals surface area contributed by atoms with E-state index in [2.05, 4.69) is 20.9 Å². The molecule has 0 saturated heterocycles. The molecule has 1 aromatic carbocycles. The van der Waals surface area contributed by atoms with E-state index in [0.717, 1.165) is 0 Å². The molecule has 6 heteroatoms. The third kappa shape index (κ3) is 3.07. The van der Waals surface area contributed by atoms with Gasteiger partial charge in [0, 0.05) is 4.47 Å². The molecule has 1 N–H and O–H groups in total. The van der Waals surface area contributed by atoms with Crippen LogP contribution in [0.15, 0.2) is 27.1 Å². The zero-order valence-corrected chi connectivity index (χ0v) is 12.6. The van der Waals surface area contributed by atoms with Gasteiger partial charge in [0.05, 0.1) is 11.3 Å². The fourth-order valence-corrected chi connectivity index (χ4v) is 2.34. The van der Waals surface area contributed by atoms with Crippen LogP contribution in [0.5, 0.6) is 0 Å². The van der Waals surface area contributed by atoms with Crippen LogP contribution < -0.4 is 0 Å². The van der Waals surface area contributed by atoms with Crippen molar-refractivity contribution in [1.29, 1.82) is 0 Å². The predicted molar refractivity (Wildman–Crippen MR) is 75.1 cm³/mol. The summed E-state index contributed by atoms with van der Waals surface area (Å²) in [5, 5.41) is 9.15. The van der Waals surface area contributed by atoms with Gasteiger partial charge in [0.1, 0.15) is 5.82 Å². The van der Waals surface area contributed by atoms with Crippen LogP contribution in [-0.2, 0) is 6.42 Å². The first kappa shape index (κ1) is 14.7. The van der Waals surface area contributed by atoms with Crippen LogP contribution >= 0.6 is 15.9 Å². The molecule has 0 atom stereocenters. The molecule has 0 aliphatic rings. The Bertz CT molecular complexity index is 652. The average Bonchev–Trinajstić information content (AvgIpc) is 2.71. The standard InChI is InChI=1S/C14H13BrFNO3/c1-7(2)5-11-12(14(18)19)20-13(17-11)9-4-3-8(16)6-10(9)15/h3-4,6-7H,5H2,1-2H3,(H,18,19). The van der Waals surface area contributed by atoms with Gasteiger partial charge in [0.15, 0.2) is 0 Å². The van der Waals surface area contributed by atoms with E-state index in [1.165, 1.54) is 18.2 Å². The summed E-state index contributed by atoms with van der Waals surface area (Å²) < 4.78 is 18.9. The number of carboxylic acids is 1. The lowest BCUT2D eigenvalue weighted by Gasteiger charge is -2.00. The zero-order valence-electron chi connectivity index (χ0n) is 11.0. The van der Waals surface area contributed by atoms with Crippen LogP contribution in [-0.4, -0.2) is 16.1 Å². The van der Waals surface area contributed by atoms with E-state index in [1.807, 2.05) is 13.8 Å². The molecule has 20 heavy (non-hydrogen) atoms. The molecule has 0 amide bonds. The molecule has 0 bridgehead atoms. The van der Waals surface area contributed by atoms with Crippen molar-refractivity contribution in [2.75, 3.05) is 0 Å². The Hall–Kier alpha value is -1.69. The summed E-state index contributed by atoms with van der Waals surface area (Å²) in [7, 11) is 0. The number of benzene rings is 1. The Morgan fingerprint density at radius 3 is 2.75 bits per heavy atom. The van der Waals surface area contributed by atoms with Crippen LogP contribution in [0.1, 0.15) is 30.1 Å². The zero-order chi connectivity index (χ0) is 14.9. The van der Waals surface area contributed by atoms with Crippen LogP contribution in [0.3, 0.4) is 0 Å². The largest absolute Gasteiger partial charge is 0.475 e. The van der Waals surface area contributed by atoms with Gasteiger partial charge in [-0.25, -0.2) is 14.2 Å². The normalized spacial score (nSPS) is 11.1. The number of halogens is 2. The van der Waals surface area contributed by atoms with Crippen molar-refractivity contribution in [2.45, 2.75) is 20.3 Å². The summed E-state index contributed by atoms with van der Waals surface area (Å²) in [5.74, 6) is -1.29. The molecule has 2 aromatic rings. The molecule has 4 nitrogen and oxygen atoms in total. The summed E-state index contributed by atoms with van der Waals surface area (Å²) in [6.07, 6.45) is 0.504.